The summed E-state index contributed by atoms with van der Waals surface area (Å²) in [5, 5.41) is 11.9. The van der Waals surface area contributed by atoms with Crippen LogP contribution in [-0.2, 0) is 19.1 Å². The summed E-state index contributed by atoms with van der Waals surface area (Å²) in [6.45, 7) is 2.17. The van der Waals surface area contributed by atoms with Gasteiger partial charge >= 0.3 is 0 Å². The van der Waals surface area contributed by atoms with Crippen molar-refractivity contribution < 1.29 is 24.2 Å². The topological polar surface area (TPSA) is 84.9 Å². The first-order chi connectivity index (χ1) is 9.74. The highest BCUT2D eigenvalue weighted by Crippen LogP contribution is 2.07. The third kappa shape index (κ3) is 11.9. The van der Waals surface area contributed by atoms with Crippen molar-refractivity contribution in [2.24, 2.45) is 5.92 Å². The number of carbonyl (C=O) groups is 2. The molecule has 0 heterocycles. The van der Waals surface area contributed by atoms with E-state index in [2.05, 4.69) is 10.1 Å². The predicted molar refractivity (Wildman–Crippen MR) is 75.2 cm³/mol. The van der Waals surface area contributed by atoms with Crippen LogP contribution in [0.3, 0.4) is 0 Å². The van der Waals surface area contributed by atoms with E-state index in [0.717, 1.165) is 25.7 Å². The maximum atomic E-state index is 11.4. The summed E-state index contributed by atoms with van der Waals surface area (Å²) in [5.74, 6) is 0.222. The highest BCUT2D eigenvalue weighted by Gasteiger charge is 2.06. The number of aliphatic hydroxyl groups excluding tert-OH is 1. The van der Waals surface area contributed by atoms with Gasteiger partial charge in [-0.2, -0.15) is 0 Å². The molecule has 0 aliphatic carbocycles. The van der Waals surface area contributed by atoms with Crippen LogP contribution in [0.4, 0.5) is 0 Å². The Labute approximate surface area is 120 Å². The number of nitrogens with one attached hydrogen (secondary N) is 1. The quantitative estimate of drug-likeness (QED) is 0.366. The molecule has 0 rings (SSSR count). The third-order valence-electron chi connectivity index (χ3n) is 3.01. The summed E-state index contributed by atoms with van der Waals surface area (Å²) in [6.07, 6.45) is 4.66. The zero-order chi connectivity index (χ0) is 15.1. The van der Waals surface area contributed by atoms with Crippen LogP contribution >= 0.6 is 0 Å². The molecule has 0 saturated heterocycles. The molecule has 6 heteroatoms. The minimum atomic E-state index is 0.0340. The maximum Gasteiger partial charge on any atom is 0.293 e. The van der Waals surface area contributed by atoms with Gasteiger partial charge in [0.05, 0.1) is 13.2 Å². The molecule has 0 fully saturated rings. The number of ether oxygens (including phenoxy) is 2. The van der Waals surface area contributed by atoms with Gasteiger partial charge in [0, 0.05) is 32.6 Å². The summed E-state index contributed by atoms with van der Waals surface area (Å²) in [5.41, 5.74) is 0. The highest BCUT2D eigenvalue weighted by molar-refractivity contribution is 5.75. The molecular weight excluding hydrogens is 262 g/mol. The van der Waals surface area contributed by atoms with E-state index in [9.17, 15) is 9.59 Å². The number of aliphatic hydroxyl groups is 1. The number of methoxy groups -OCH3 is 1. The molecule has 1 unspecified atom stereocenters. The Kier molecular flexibility index (Phi) is 13.5. The second-order valence-corrected chi connectivity index (χ2v) is 4.77. The van der Waals surface area contributed by atoms with Gasteiger partial charge in [-0.15, -0.1) is 0 Å². The summed E-state index contributed by atoms with van der Waals surface area (Å²) < 4.78 is 9.54. The Hall–Kier alpha value is -1.14. The molecule has 118 valence electrons. The van der Waals surface area contributed by atoms with Crippen LogP contribution in [0.5, 0.6) is 0 Å². The molecular formula is C14H27NO5. The van der Waals surface area contributed by atoms with E-state index in [0.29, 0.717) is 39.1 Å². The molecule has 6 nitrogen and oxygen atoms in total. The van der Waals surface area contributed by atoms with Crippen molar-refractivity contribution in [3.63, 3.8) is 0 Å². The van der Waals surface area contributed by atoms with Gasteiger partial charge in [-0.05, 0) is 25.7 Å². The molecule has 0 saturated carbocycles. The monoisotopic (exact) mass is 289 g/mol. The van der Waals surface area contributed by atoms with Crippen LogP contribution in [0.15, 0.2) is 0 Å². The lowest BCUT2D eigenvalue weighted by atomic mass is 10.0. The molecule has 0 aromatic rings. The Balaban J connectivity index is 3.36. The van der Waals surface area contributed by atoms with Gasteiger partial charge < -0.3 is 19.9 Å². The molecule has 1 atom stereocenters. The minimum Gasteiger partial charge on any atom is -0.468 e. The van der Waals surface area contributed by atoms with E-state index in [1.54, 1.807) is 7.11 Å². The first kappa shape index (κ1) is 18.9. The number of hydrogen-bond acceptors (Lipinski definition) is 5. The van der Waals surface area contributed by atoms with Gasteiger partial charge in [0.15, 0.2) is 0 Å². The lowest BCUT2D eigenvalue weighted by Crippen LogP contribution is -2.24. The van der Waals surface area contributed by atoms with E-state index in [1.807, 2.05) is 0 Å². The molecule has 0 radical (unpaired) electrons. The Morgan fingerprint density at radius 3 is 2.75 bits per heavy atom. The predicted octanol–water partition coefficient (Wildman–Crippen LogP) is 0.871. The number of unbranched alkanes of at least 4 members (excludes halogenated alkanes) is 2. The van der Waals surface area contributed by atoms with E-state index in [4.69, 9.17) is 9.84 Å². The Bertz CT molecular complexity index is 248. The third-order valence-corrected chi connectivity index (χ3v) is 3.01. The molecule has 0 spiro atoms. The van der Waals surface area contributed by atoms with Crippen LogP contribution in [-0.4, -0.2) is 51.0 Å². The zero-order valence-corrected chi connectivity index (χ0v) is 12.3. The average Bonchev–Trinajstić information content (AvgIpc) is 2.45. The molecule has 0 bridgehead atoms. The van der Waals surface area contributed by atoms with E-state index in [-0.39, 0.29) is 18.4 Å². The van der Waals surface area contributed by atoms with Gasteiger partial charge in [0.2, 0.25) is 5.91 Å². The van der Waals surface area contributed by atoms with Crippen LogP contribution in [0.2, 0.25) is 0 Å². The first-order valence-corrected chi connectivity index (χ1v) is 7.16. The number of amides is 1. The second-order valence-electron chi connectivity index (χ2n) is 4.77. The summed E-state index contributed by atoms with van der Waals surface area (Å²) >= 11 is 0. The van der Waals surface area contributed by atoms with E-state index < -0.39 is 0 Å². The number of carbonyl (C=O) groups excluding carboxylic acids is 2. The smallest absolute Gasteiger partial charge is 0.293 e. The number of rotatable bonds is 14. The normalized spacial score (nSPS) is 11.9. The fourth-order valence-electron chi connectivity index (χ4n) is 1.86. The molecule has 0 aromatic carbocycles. The van der Waals surface area contributed by atoms with Crippen molar-refractivity contribution in [2.75, 3.05) is 33.5 Å². The second kappa shape index (κ2) is 14.3. The maximum absolute atomic E-state index is 11.4. The van der Waals surface area contributed by atoms with Crippen molar-refractivity contribution in [1.82, 2.24) is 5.32 Å². The highest BCUT2D eigenvalue weighted by atomic mass is 16.5. The summed E-state index contributed by atoms with van der Waals surface area (Å²) in [6, 6.07) is 0. The Morgan fingerprint density at radius 1 is 1.30 bits per heavy atom. The summed E-state index contributed by atoms with van der Waals surface area (Å²) in [4.78, 5) is 21.3. The SMILES string of the molecule is COCC(CO)CCCCNC(=O)CCCCOC=O. The molecule has 1 amide bonds. The van der Waals surface area contributed by atoms with Crippen molar-refractivity contribution in [3.05, 3.63) is 0 Å². The average molecular weight is 289 g/mol. The van der Waals surface area contributed by atoms with Crippen LogP contribution in [0, 0.1) is 5.92 Å². The van der Waals surface area contributed by atoms with E-state index in [1.165, 1.54) is 0 Å². The van der Waals surface area contributed by atoms with E-state index >= 15 is 0 Å². The van der Waals surface area contributed by atoms with Gasteiger partial charge in [-0.1, -0.05) is 6.42 Å². The fraction of sp³-hybridized carbons (Fsp3) is 0.857. The van der Waals surface area contributed by atoms with Crippen molar-refractivity contribution in [2.45, 2.75) is 38.5 Å². The molecule has 0 aromatic heterocycles. The minimum absolute atomic E-state index is 0.0340. The fourth-order valence-corrected chi connectivity index (χ4v) is 1.86. The standard InChI is InChI=1S/C14H27NO5/c1-19-11-13(10-16)6-2-4-8-15-14(18)7-3-5-9-20-12-17/h12-13,16H,2-11H2,1H3,(H,15,18). The molecule has 0 aliphatic heterocycles. The van der Waals surface area contributed by atoms with Gasteiger partial charge in [0.25, 0.3) is 6.47 Å². The molecule has 2 N–H and O–H groups in total. The summed E-state index contributed by atoms with van der Waals surface area (Å²) in [7, 11) is 1.63. The molecule has 20 heavy (non-hydrogen) atoms. The van der Waals surface area contributed by atoms with Gasteiger partial charge in [0.1, 0.15) is 0 Å². The van der Waals surface area contributed by atoms with Crippen molar-refractivity contribution >= 4 is 12.4 Å². The van der Waals surface area contributed by atoms with Gasteiger partial charge in [-0.3, -0.25) is 9.59 Å². The number of hydrogen-bond donors (Lipinski definition) is 2. The van der Waals surface area contributed by atoms with Crippen LogP contribution in [0.1, 0.15) is 38.5 Å². The lowest BCUT2D eigenvalue weighted by molar-refractivity contribution is -0.128. The van der Waals surface area contributed by atoms with Gasteiger partial charge in [-0.25, -0.2) is 0 Å². The Morgan fingerprint density at radius 2 is 2.10 bits per heavy atom. The molecule has 0 aliphatic rings. The zero-order valence-electron chi connectivity index (χ0n) is 12.3. The largest absolute Gasteiger partial charge is 0.468 e. The van der Waals surface area contributed by atoms with Crippen LogP contribution < -0.4 is 5.32 Å². The van der Waals surface area contributed by atoms with Crippen molar-refractivity contribution in [1.29, 1.82) is 0 Å². The van der Waals surface area contributed by atoms with Crippen molar-refractivity contribution in [3.8, 4) is 0 Å². The van der Waals surface area contributed by atoms with Crippen LogP contribution in [0.25, 0.3) is 0 Å². The first-order valence-electron chi connectivity index (χ1n) is 7.16. The lowest BCUT2D eigenvalue weighted by Gasteiger charge is -2.12.